The first kappa shape index (κ1) is 37.1. The minimum Gasteiger partial charge on any atom is -0.490 e. The van der Waals surface area contributed by atoms with Crippen molar-refractivity contribution in [2.75, 3.05) is 20.1 Å². The second kappa shape index (κ2) is 14.8. The van der Waals surface area contributed by atoms with Crippen LogP contribution in [0.25, 0.3) is 5.00 Å². The van der Waals surface area contributed by atoms with Gasteiger partial charge in [-0.3, -0.25) is 9.56 Å². The number of aromatic nitrogens is 3. The molecule has 0 radical (unpaired) electrons. The molecule has 1 saturated heterocycles. The van der Waals surface area contributed by atoms with Gasteiger partial charge in [0.2, 0.25) is 0 Å². The van der Waals surface area contributed by atoms with Crippen LogP contribution in [0.1, 0.15) is 120 Å². The van der Waals surface area contributed by atoms with Crippen LogP contribution in [0.5, 0.6) is 5.75 Å². The SMILES string of the molecule is C.CC/C(C)=N/NC.Cc1sc2c(c1C)C(c1ccc(OC3CC4(CCN(C(=O)OC(C)(C)C)CC4)C3)cc1)=NC(C)c1nnc(C)n1-2. The lowest BCUT2D eigenvalue weighted by Crippen LogP contribution is -2.52. The zero-order valence-corrected chi connectivity index (χ0v) is 30.5. The van der Waals surface area contributed by atoms with Gasteiger partial charge in [0.05, 0.1) is 11.8 Å². The molecule has 2 fully saturated rings. The molecule has 3 aliphatic rings. The van der Waals surface area contributed by atoms with Gasteiger partial charge in [-0.2, -0.15) is 5.10 Å². The van der Waals surface area contributed by atoms with E-state index in [0.29, 0.717) is 0 Å². The van der Waals surface area contributed by atoms with Gasteiger partial charge in [0.15, 0.2) is 5.82 Å². The Labute approximate surface area is 291 Å². The molecule has 4 heterocycles. The number of thiophene rings is 1. The van der Waals surface area contributed by atoms with E-state index in [4.69, 9.17) is 14.5 Å². The number of nitrogens with zero attached hydrogens (tertiary/aromatic N) is 6. The highest BCUT2D eigenvalue weighted by Gasteiger charge is 2.48. The van der Waals surface area contributed by atoms with Gasteiger partial charge in [0.25, 0.3) is 0 Å². The number of fused-ring (bicyclic) bond motifs is 3. The van der Waals surface area contributed by atoms with Crippen LogP contribution in [0.2, 0.25) is 0 Å². The van der Waals surface area contributed by atoms with E-state index in [9.17, 15) is 4.79 Å². The van der Waals surface area contributed by atoms with Crippen molar-refractivity contribution in [3.05, 3.63) is 57.5 Å². The van der Waals surface area contributed by atoms with E-state index in [-0.39, 0.29) is 31.1 Å². The number of ether oxygens (including phenoxy) is 2. The van der Waals surface area contributed by atoms with E-state index in [0.717, 1.165) is 84.6 Å². The topological polar surface area (TPSA) is 106 Å². The van der Waals surface area contributed by atoms with Gasteiger partial charge in [-0.1, -0.05) is 14.4 Å². The van der Waals surface area contributed by atoms with Gasteiger partial charge in [0, 0.05) is 41.9 Å². The van der Waals surface area contributed by atoms with E-state index >= 15 is 0 Å². The second-order valence-electron chi connectivity index (χ2n) is 14.1. The Morgan fingerprint density at radius 1 is 1.10 bits per heavy atom. The van der Waals surface area contributed by atoms with Crippen molar-refractivity contribution >= 4 is 28.9 Å². The largest absolute Gasteiger partial charge is 0.490 e. The number of hydrogen-bond donors (Lipinski definition) is 1. The van der Waals surface area contributed by atoms with E-state index in [1.807, 2.05) is 39.5 Å². The van der Waals surface area contributed by atoms with E-state index in [1.54, 1.807) is 18.4 Å². The monoisotopic (exact) mass is 677 g/mol. The molecule has 2 aromatic heterocycles. The van der Waals surface area contributed by atoms with Crippen LogP contribution in [0.4, 0.5) is 4.79 Å². The van der Waals surface area contributed by atoms with Gasteiger partial charge < -0.3 is 19.8 Å². The van der Waals surface area contributed by atoms with Crippen LogP contribution in [0.15, 0.2) is 34.4 Å². The Kier molecular flexibility index (Phi) is 11.4. The first-order valence-electron chi connectivity index (χ1n) is 16.8. The van der Waals surface area contributed by atoms with Gasteiger partial charge in [-0.05, 0) is 123 Å². The quantitative estimate of drug-likeness (QED) is 0.215. The molecule has 0 bridgehead atoms. The van der Waals surface area contributed by atoms with Gasteiger partial charge >= 0.3 is 6.09 Å². The zero-order valence-electron chi connectivity index (χ0n) is 29.7. The first-order chi connectivity index (χ1) is 22.2. The molecular formula is C37H55N7O3S. The maximum atomic E-state index is 12.4. The van der Waals surface area contributed by atoms with Crippen molar-refractivity contribution in [3.8, 4) is 10.8 Å². The number of piperidine rings is 1. The molecule has 48 heavy (non-hydrogen) atoms. The fourth-order valence-electron chi connectivity index (χ4n) is 6.52. The highest BCUT2D eigenvalue weighted by molar-refractivity contribution is 7.15. The summed E-state index contributed by atoms with van der Waals surface area (Å²) in [6.45, 7) is 19.8. The summed E-state index contributed by atoms with van der Waals surface area (Å²) >= 11 is 1.78. The third-order valence-corrected chi connectivity index (χ3v) is 10.6. The predicted octanol–water partition coefficient (Wildman–Crippen LogP) is 8.35. The number of aliphatic imine (C=N–C) groups is 1. The van der Waals surface area contributed by atoms with Crippen molar-refractivity contribution < 1.29 is 14.3 Å². The summed E-state index contributed by atoms with van der Waals surface area (Å²) in [7, 11) is 1.80. The summed E-state index contributed by atoms with van der Waals surface area (Å²) in [6.07, 6.45) is 5.15. The number of carbonyl (C=O) groups is 1. The molecule has 1 amide bonds. The average Bonchev–Trinajstić information content (AvgIpc) is 3.49. The minimum absolute atomic E-state index is 0. The van der Waals surface area contributed by atoms with Gasteiger partial charge in [0.1, 0.15) is 28.2 Å². The summed E-state index contributed by atoms with van der Waals surface area (Å²) in [6, 6.07) is 8.31. The van der Waals surface area contributed by atoms with Crippen LogP contribution in [-0.4, -0.2) is 69.0 Å². The number of likely N-dealkylation sites (tertiary alicyclic amines) is 1. The molecule has 10 nitrogen and oxygen atoms in total. The predicted molar refractivity (Wildman–Crippen MR) is 196 cm³/mol. The molecule has 1 N–H and O–H groups in total. The van der Waals surface area contributed by atoms with Crippen LogP contribution in [0.3, 0.4) is 0 Å². The Morgan fingerprint density at radius 3 is 2.31 bits per heavy atom. The Morgan fingerprint density at radius 2 is 1.75 bits per heavy atom. The van der Waals surface area contributed by atoms with Crippen LogP contribution >= 0.6 is 11.3 Å². The number of nitrogens with one attached hydrogen (secondary N) is 1. The number of amides is 1. The molecule has 1 unspecified atom stereocenters. The molecule has 1 aliphatic carbocycles. The number of aryl methyl sites for hydroxylation is 2. The second-order valence-corrected chi connectivity index (χ2v) is 15.3. The van der Waals surface area contributed by atoms with Crippen LogP contribution in [0, 0.1) is 26.2 Å². The third-order valence-electron chi connectivity index (χ3n) is 9.39. The number of benzene rings is 1. The number of hydrazone groups is 1. The highest BCUT2D eigenvalue weighted by Crippen LogP contribution is 2.50. The Balaban J connectivity index is 0.000000589. The minimum atomic E-state index is -0.457. The number of rotatable bonds is 5. The number of carbonyl (C=O) groups excluding carboxylic acids is 1. The summed E-state index contributed by atoms with van der Waals surface area (Å²) in [5.74, 6) is 2.66. The normalized spacial score (nSPS) is 18.6. The molecule has 262 valence electrons. The maximum Gasteiger partial charge on any atom is 0.410 e. The molecule has 1 spiro atoms. The van der Waals surface area contributed by atoms with Crippen molar-refractivity contribution in [3.63, 3.8) is 0 Å². The molecule has 3 aromatic rings. The smallest absolute Gasteiger partial charge is 0.410 e. The first-order valence-corrected chi connectivity index (χ1v) is 17.6. The molecule has 6 rings (SSSR count). The highest BCUT2D eigenvalue weighted by atomic mass is 32.1. The lowest BCUT2D eigenvalue weighted by atomic mass is 9.61. The number of hydrogen-bond acceptors (Lipinski definition) is 9. The summed E-state index contributed by atoms with van der Waals surface area (Å²) in [5, 5.41) is 13.9. The van der Waals surface area contributed by atoms with Gasteiger partial charge in [-0.25, -0.2) is 4.79 Å². The van der Waals surface area contributed by atoms with E-state index < -0.39 is 5.60 Å². The van der Waals surface area contributed by atoms with E-state index in [2.05, 4.69) is 77.3 Å². The molecule has 1 atom stereocenters. The van der Waals surface area contributed by atoms with Crippen LogP contribution in [-0.2, 0) is 4.74 Å². The zero-order chi connectivity index (χ0) is 34.1. The molecular weight excluding hydrogens is 623 g/mol. The fourth-order valence-corrected chi connectivity index (χ4v) is 7.74. The average molecular weight is 678 g/mol. The van der Waals surface area contributed by atoms with Crippen molar-refractivity contribution in [2.45, 2.75) is 120 Å². The summed E-state index contributed by atoms with van der Waals surface area (Å²) in [4.78, 5) is 20.7. The standard InChI is InChI=1S/C31H39N5O3S.C5H12N2.CH4/c1-18-20(3)40-28-25(18)26(32-19(2)27-34-33-21(4)36(27)28)22-8-10-23(11-9-22)38-24-16-31(17-24)12-14-35(15-13-31)29(37)39-30(5,6)7;1-4-5(2)7-6-3;/h8-11,19,24H,12-17H2,1-7H3;6H,4H2,1-3H3;1H4/b;7-5+;. The molecule has 11 heteroatoms. The molecule has 1 saturated carbocycles. The lowest BCUT2D eigenvalue weighted by molar-refractivity contribution is -0.0583. The third kappa shape index (κ3) is 7.93. The Hall–Kier alpha value is -3.73. The van der Waals surface area contributed by atoms with Crippen molar-refractivity contribution in [2.24, 2.45) is 15.5 Å². The molecule has 2 aliphatic heterocycles. The Bertz CT molecular complexity index is 1630. The maximum absolute atomic E-state index is 12.4. The van der Waals surface area contributed by atoms with Crippen molar-refractivity contribution in [1.29, 1.82) is 0 Å². The lowest BCUT2D eigenvalue weighted by Gasteiger charge is -2.51. The van der Waals surface area contributed by atoms with E-state index in [1.165, 1.54) is 16.0 Å². The fraction of sp³-hybridized carbons (Fsp3) is 0.595. The molecule has 1 aromatic carbocycles. The van der Waals surface area contributed by atoms with Gasteiger partial charge in [-0.15, -0.1) is 21.5 Å². The van der Waals surface area contributed by atoms with Crippen molar-refractivity contribution in [1.82, 2.24) is 25.1 Å². The summed E-state index contributed by atoms with van der Waals surface area (Å²) in [5.41, 5.74) is 8.18. The summed E-state index contributed by atoms with van der Waals surface area (Å²) < 4.78 is 14.1. The van der Waals surface area contributed by atoms with Crippen LogP contribution < -0.4 is 10.2 Å².